The fourth-order valence-corrected chi connectivity index (χ4v) is 3.27. The largest absolute Gasteiger partial charge is 0.416 e. The number of hydrogen-bond acceptors (Lipinski definition) is 5. The average Bonchev–Trinajstić information content (AvgIpc) is 3.20. The number of nitrogens with zero attached hydrogens (tertiary/aromatic N) is 4. The lowest BCUT2D eigenvalue weighted by Crippen LogP contribution is -2.25. The molecule has 2 unspecified atom stereocenters. The van der Waals surface area contributed by atoms with Gasteiger partial charge in [-0.25, -0.2) is 9.97 Å². The summed E-state index contributed by atoms with van der Waals surface area (Å²) in [6.45, 7) is 0.276. The summed E-state index contributed by atoms with van der Waals surface area (Å²) in [7, 11) is 0. The van der Waals surface area contributed by atoms with Crippen molar-refractivity contribution in [1.82, 2.24) is 20.2 Å². The van der Waals surface area contributed by atoms with Gasteiger partial charge in [0, 0.05) is 6.54 Å². The first-order chi connectivity index (χ1) is 11.9. The van der Waals surface area contributed by atoms with Gasteiger partial charge in [-0.05, 0) is 24.1 Å². The Morgan fingerprint density at radius 2 is 2.08 bits per heavy atom. The third-order valence-corrected chi connectivity index (χ3v) is 4.38. The second kappa shape index (κ2) is 5.69. The monoisotopic (exact) mass is 349 g/mol. The van der Waals surface area contributed by atoms with Crippen molar-refractivity contribution in [1.29, 1.82) is 0 Å². The molecule has 1 saturated heterocycles. The number of aliphatic hydroxyl groups excluding tert-OH is 1. The molecule has 3 aromatic rings. The zero-order valence-corrected chi connectivity index (χ0v) is 12.9. The van der Waals surface area contributed by atoms with Gasteiger partial charge in [0.1, 0.15) is 12.1 Å². The summed E-state index contributed by atoms with van der Waals surface area (Å²) in [5, 5.41) is 17.4. The van der Waals surface area contributed by atoms with Crippen LogP contribution in [0.15, 0.2) is 36.8 Å². The van der Waals surface area contributed by atoms with Crippen LogP contribution < -0.4 is 4.90 Å². The van der Waals surface area contributed by atoms with E-state index in [2.05, 4.69) is 20.2 Å². The standard InChI is InChI=1S/C16H14F3N5O/c17-16(18,19)10-3-1-2-9(4-10)13-5-11(25)7-24(13)15-12-6-22-23-14(12)20-8-21-15/h1-4,6,8,11,13,25H,5,7H2,(H,20,21,22,23). The minimum absolute atomic E-state index is 0.276. The summed E-state index contributed by atoms with van der Waals surface area (Å²) in [6.07, 6.45) is -1.81. The van der Waals surface area contributed by atoms with Crippen molar-refractivity contribution < 1.29 is 18.3 Å². The minimum Gasteiger partial charge on any atom is -0.391 e. The van der Waals surface area contributed by atoms with Crippen molar-refractivity contribution in [3.05, 3.63) is 47.9 Å². The summed E-state index contributed by atoms with van der Waals surface area (Å²) in [5.41, 5.74) is 0.318. The average molecular weight is 349 g/mol. The van der Waals surface area contributed by atoms with E-state index in [0.717, 1.165) is 12.1 Å². The van der Waals surface area contributed by atoms with Crippen molar-refractivity contribution in [2.45, 2.75) is 24.7 Å². The van der Waals surface area contributed by atoms with Gasteiger partial charge < -0.3 is 10.0 Å². The number of alkyl halides is 3. The highest BCUT2D eigenvalue weighted by Crippen LogP contribution is 2.39. The molecule has 4 rings (SSSR count). The van der Waals surface area contributed by atoms with Crippen LogP contribution in [0.2, 0.25) is 0 Å². The summed E-state index contributed by atoms with van der Waals surface area (Å²) in [4.78, 5) is 10.1. The highest BCUT2D eigenvalue weighted by molar-refractivity contribution is 5.86. The minimum atomic E-state index is -4.41. The number of nitrogens with one attached hydrogen (secondary N) is 1. The number of aliphatic hydroxyl groups is 1. The Labute approximate surface area is 140 Å². The lowest BCUT2D eigenvalue weighted by Gasteiger charge is -2.26. The van der Waals surface area contributed by atoms with E-state index in [4.69, 9.17) is 0 Å². The van der Waals surface area contributed by atoms with Crippen LogP contribution in [0.4, 0.5) is 19.0 Å². The Kier molecular flexibility index (Phi) is 3.60. The number of aromatic nitrogens is 4. The molecule has 6 nitrogen and oxygen atoms in total. The van der Waals surface area contributed by atoms with Crippen LogP contribution in [0, 0.1) is 0 Å². The maximum Gasteiger partial charge on any atom is 0.416 e. The Morgan fingerprint density at radius 3 is 2.88 bits per heavy atom. The molecule has 25 heavy (non-hydrogen) atoms. The first-order valence-electron chi connectivity index (χ1n) is 7.69. The number of rotatable bonds is 2. The Hall–Kier alpha value is -2.68. The number of β-amino-alcohol motifs (C(OH)–C–C–N with tert-alkyl or cyclic N) is 1. The fraction of sp³-hybridized carbons (Fsp3) is 0.312. The van der Waals surface area contributed by atoms with E-state index < -0.39 is 23.9 Å². The van der Waals surface area contributed by atoms with Gasteiger partial charge in [-0.15, -0.1) is 0 Å². The van der Waals surface area contributed by atoms with Crippen molar-refractivity contribution in [3.63, 3.8) is 0 Å². The lowest BCUT2D eigenvalue weighted by molar-refractivity contribution is -0.137. The van der Waals surface area contributed by atoms with Gasteiger partial charge in [-0.1, -0.05) is 12.1 Å². The van der Waals surface area contributed by atoms with E-state index >= 15 is 0 Å². The molecule has 1 aliphatic rings. The number of H-pyrrole nitrogens is 1. The molecule has 3 heterocycles. The van der Waals surface area contributed by atoms with E-state index in [-0.39, 0.29) is 6.54 Å². The molecule has 0 amide bonds. The predicted molar refractivity (Wildman–Crippen MR) is 83.8 cm³/mol. The van der Waals surface area contributed by atoms with Crippen molar-refractivity contribution in [2.75, 3.05) is 11.4 Å². The number of hydrogen-bond donors (Lipinski definition) is 2. The molecule has 2 aromatic heterocycles. The Morgan fingerprint density at radius 1 is 1.24 bits per heavy atom. The zero-order valence-electron chi connectivity index (χ0n) is 12.9. The molecule has 1 fully saturated rings. The molecule has 0 bridgehead atoms. The molecular weight excluding hydrogens is 335 g/mol. The number of anilines is 1. The summed E-state index contributed by atoms with van der Waals surface area (Å²) in [6, 6.07) is 4.78. The second-order valence-electron chi connectivity index (χ2n) is 6.01. The van der Waals surface area contributed by atoms with Gasteiger partial charge in [0.15, 0.2) is 5.65 Å². The summed E-state index contributed by atoms with van der Waals surface area (Å²) in [5.74, 6) is 0.540. The smallest absolute Gasteiger partial charge is 0.391 e. The van der Waals surface area contributed by atoms with Crippen LogP contribution in [0.5, 0.6) is 0 Å². The van der Waals surface area contributed by atoms with Crippen LogP contribution in [0.1, 0.15) is 23.6 Å². The van der Waals surface area contributed by atoms with E-state index in [1.807, 2.05) is 0 Å². The molecular formula is C16H14F3N5O. The molecule has 0 spiro atoms. The van der Waals surface area contributed by atoms with Gasteiger partial charge >= 0.3 is 6.18 Å². The molecule has 1 aromatic carbocycles. The van der Waals surface area contributed by atoms with E-state index in [1.165, 1.54) is 12.4 Å². The molecule has 9 heteroatoms. The van der Waals surface area contributed by atoms with Crippen LogP contribution >= 0.6 is 0 Å². The van der Waals surface area contributed by atoms with Crippen LogP contribution in [0.3, 0.4) is 0 Å². The highest BCUT2D eigenvalue weighted by atomic mass is 19.4. The van der Waals surface area contributed by atoms with Gasteiger partial charge in [-0.2, -0.15) is 18.3 Å². The van der Waals surface area contributed by atoms with Gasteiger partial charge in [0.05, 0.1) is 29.3 Å². The molecule has 130 valence electrons. The van der Waals surface area contributed by atoms with Crippen molar-refractivity contribution in [3.8, 4) is 0 Å². The topological polar surface area (TPSA) is 77.9 Å². The normalized spacial score (nSPS) is 21.2. The Bertz CT molecular complexity index is 910. The summed E-state index contributed by atoms with van der Waals surface area (Å²) >= 11 is 0. The molecule has 2 N–H and O–H groups in total. The highest BCUT2D eigenvalue weighted by Gasteiger charge is 2.36. The van der Waals surface area contributed by atoms with Gasteiger partial charge in [-0.3, -0.25) is 5.10 Å². The third-order valence-electron chi connectivity index (χ3n) is 4.38. The van der Waals surface area contributed by atoms with Crippen LogP contribution in [0.25, 0.3) is 11.0 Å². The molecule has 1 aliphatic heterocycles. The summed E-state index contributed by atoms with van der Waals surface area (Å²) < 4.78 is 39.1. The first-order valence-corrected chi connectivity index (χ1v) is 7.69. The quantitative estimate of drug-likeness (QED) is 0.744. The van der Waals surface area contributed by atoms with E-state index in [0.29, 0.717) is 28.8 Å². The van der Waals surface area contributed by atoms with Crippen LogP contribution in [-0.2, 0) is 6.18 Å². The third kappa shape index (κ3) is 2.80. The maximum atomic E-state index is 13.0. The number of benzene rings is 1. The number of halogens is 3. The van der Waals surface area contributed by atoms with Gasteiger partial charge in [0.2, 0.25) is 0 Å². The first kappa shape index (κ1) is 15.8. The Balaban J connectivity index is 1.77. The molecule has 2 atom stereocenters. The van der Waals surface area contributed by atoms with Crippen molar-refractivity contribution in [2.24, 2.45) is 0 Å². The van der Waals surface area contributed by atoms with E-state index in [1.54, 1.807) is 17.2 Å². The van der Waals surface area contributed by atoms with E-state index in [9.17, 15) is 18.3 Å². The molecule has 0 radical (unpaired) electrons. The fourth-order valence-electron chi connectivity index (χ4n) is 3.27. The van der Waals surface area contributed by atoms with Crippen LogP contribution in [-0.4, -0.2) is 37.9 Å². The number of aromatic amines is 1. The second-order valence-corrected chi connectivity index (χ2v) is 6.01. The number of fused-ring (bicyclic) bond motifs is 1. The molecule has 0 saturated carbocycles. The lowest BCUT2D eigenvalue weighted by atomic mass is 10.0. The molecule has 0 aliphatic carbocycles. The maximum absolute atomic E-state index is 13.0. The van der Waals surface area contributed by atoms with Gasteiger partial charge in [0.25, 0.3) is 0 Å². The van der Waals surface area contributed by atoms with Crippen molar-refractivity contribution >= 4 is 16.9 Å². The SMILES string of the molecule is OC1CC(c2cccc(C(F)(F)F)c2)N(c2ncnc3[nH]ncc23)C1. The predicted octanol–water partition coefficient (Wildman–Crippen LogP) is 2.68. The zero-order chi connectivity index (χ0) is 17.6.